The maximum absolute atomic E-state index is 12.9. The molecule has 4 rings (SSSR count). The lowest BCUT2D eigenvalue weighted by molar-refractivity contribution is -0.134. The largest absolute Gasteiger partial charge is 0.463 e. The van der Waals surface area contributed by atoms with E-state index >= 15 is 0 Å². The highest BCUT2D eigenvalue weighted by atomic mass is 32.2. The summed E-state index contributed by atoms with van der Waals surface area (Å²) in [6, 6.07) is 6.90. The van der Waals surface area contributed by atoms with Crippen LogP contribution < -0.4 is 0 Å². The maximum Gasteiger partial charge on any atom is 0.243 e. The maximum atomic E-state index is 12.9. The highest BCUT2D eigenvalue weighted by Gasteiger charge is 2.39. The molecule has 6 nitrogen and oxygen atoms in total. The lowest BCUT2D eigenvalue weighted by Crippen LogP contribution is -2.29. The van der Waals surface area contributed by atoms with Crippen LogP contribution >= 0.6 is 0 Å². The normalized spacial score (nSPS) is 22.8. The monoisotopic (exact) mass is 375 g/mol. The molecule has 3 aliphatic rings. The molecule has 0 aromatic heterocycles. The molecule has 0 spiro atoms. The molecular formula is C19H21NO5S. The molecule has 0 unspecified atom stereocenters. The van der Waals surface area contributed by atoms with Crippen LogP contribution in [0.25, 0.3) is 0 Å². The summed E-state index contributed by atoms with van der Waals surface area (Å²) in [5.74, 6) is -0.321. The second-order valence-corrected chi connectivity index (χ2v) is 8.65. The second-order valence-electron chi connectivity index (χ2n) is 6.71. The minimum atomic E-state index is -3.54. The lowest BCUT2D eigenvalue weighted by atomic mass is 10.1. The van der Waals surface area contributed by atoms with Gasteiger partial charge in [-0.2, -0.15) is 4.31 Å². The van der Waals surface area contributed by atoms with Gasteiger partial charge in [0.25, 0.3) is 0 Å². The third-order valence-corrected chi connectivity index (χ3v) is 6.62. The van der Waals surface area contributed by atoms with Crippen LogP contribution in [0.4, 0.5) is 0 Å². The van der Waals surface area contributed by atoms with Crippen molar-refractivity contribution in [3.05, 3.63) is 65.1 Å². The number of hydrogen-bond donors (Lipinski definition) is 0. The molecule has 0 atom stereocenters. The Morgan fingerprint density at radius 2 is 1.65 bits per heavy atom. The fraction of sp³-hybridized carbons (Fsp3) is 0.368. The van der Waals surface area contributed by atoms with Crippen LogP contribution in [0.1, 0.15) is 12.5 Å². The first-order chi connectivity index (χ1) is 12.4. The summed E-state index contributed by atoms with van der Waals surface area (Å²) in [5.41, 5.74) is 2.78. The summed E-state index contributed by atoms with van der Waals surface area (Å²) in [6.07, 6.45) is 5.28. The Morgan fingerprint density at radius 1 is 1.00 bits per heavy atom. The van der Waals surface area contributed by atoms with E-state index in [9.17, 15) is 8.42 Å². The van der Waals surface area contributed by atoms with Gasteiger partial charge in [0.15, 0.2) is 5.76 Å². The zero-order chi connectivity index (χ0) is 18.4. The number of nitrogens with zero attached hydrogens (tertiary/aromatic N) is 1. The number of allylic oxidation sites excluding steroid dienone is 2. The number of sulfonamides is 1. The standard InChI is InChI=1S/C19H21NO5S/c1-14-3-6-17(7-4-14)26(21,22)20-11-15-5-8-18(23-13-16(15)12-20)19(2)24-9-10-25-19/h3-8,13H,9-12H2,1-2H3. The molecule has 0 amide bonds. The van der Waals surface area contributed by atoms with E-state index in [-0.39, 0.29) is 6.54 Å². The third kappa shape index (κ3) is 3.01. The molecule has 1 aromatic rings. The van der Waals surface area contributed by atoms with E-state index in [1.165, 1.54) is 4.31 Å². The van der Waals surface area contributed by atoms with Gasteiger partial charge in [-0.3, -0.25) is 0 Å². The molecule has 1 aromatic carbocycles. The molecular weight excluding hydrogens is 354 g/mol. The Hall–Kier alpha value is -1.93. The predicted molar refractivity (Wildman–Crippen MR) is 95.6 cm³/mol. The Kier molecular flexibility index (Phi) is 4.27. The van der Waals surface area contributed by atoms with Crippen molar-refractivity contribution in [2.45, 2.75) is 24.5 Å². The second kappa shape index (κ2) is 6.35. The summed E-state index contributed by atoms with van der Waals surface area (Å²) < 4.78 is 44.2. The Morgan fingerprint density at radius 3 is 2.35 bits per heavy atom. The first-order valence-corrected chi connectivity index (χ1v) is 9.95. The zero-order valence-electron chi connectivity index (χ0n) is 14.8. The van der Waals surface area contributed by atoms with Gasteiger partial charge in [0.2, 0.25) is 15.8 Å². The smallest absolute Gasteiger partial charge is 0.243 e. The molecule has 0 aliphatic carbocycles. The topological polar surface area (TPSA) is 65.1 Å². The van der Waals surface area contributed by atoms with E-state index in [4.69, 9.17) is 14.2 Å². The van der Waals surface area contributed by atoms with E-state index < -0.39 is 15.8 Å². The highest BCUT2D eigenvalue weighted by molar-refractivity contribution is 7.89. The highest BCUT2D eigenvalue weighted by Crippen LogP contribution is 2.34. The van der Waals surface area contributed by atoms with Crippen LogP contribution in [0, 0.1) is 6.92 Å². The van der Waals surface area contributed by atoms with E-state index in [0.29, 0.717) is 30.4 Å². The summed E-state index contributed by atoms with van der Waals surface area (Å²) in [6.45, 7) is 5.38. The molecule has 0 N–H and O–H groups in total. The fourth-order valence-electron chi connectivity index (χ4n) is 3.21. The molecule has 26 heavy (non-hydrogen) atoms. The van der Waals surface area contributed by atoms with Gasteiger partial charge in [-0.05, 0) is 37.6 Å². The third-order valence-electron chi connectivity index (χ3n) is 4.81. The van der Waals surface area contributed by atoms with E-state index in [0.717, 1.165) is 16.7 Å². The van der Waals surface area contributed by atoms with E-state index in [1.54, 1.807) is 36.6 Å². The van der Waals surface area contributed by atoms with E-state index in [1.807, 2.05) is 19.9 Å². The number of benzene rings is 1. The number of ether oxygens (including phenoxy) is 3. The first-order valence-electron chi connectivity index (χ1n) is 8.51. The molecule has 0 radical (unpaired) electrons. The van der Waals surface area contributed by atoms with Gasteiger partial charge < -0.3 is 14.2 Å². The Labute approximate surface area is 153 Å². The minimum absolute atomic E-state index is 0.279. The van der Waals surface area contributed by atoms with Crippen molar-refractivity contribution in [1.29, 1.82) is 0 Å². The average Bonchev–Trinajstić information content (AvgIpc) is 3.18. The molecule has 0 saturated carbocycles. The minimum Gasteiger partial charge on any atom is -0.463 e. The van der Waals surface area contributed by atoms with Crippen molar-refractivity contribution < 1.29 is 22.6 Å². The summed E-state index contributed by atoms with van der Waals surface area (Å²) in [4.78, 5) is 0.304. The van der Waals surface area contributed by atoms with Crippen molar-refractivity contribution >= 4 is 10.0 Å². The van der Waals surface area contributed by atoms with Crippen molar-refractivity contribution in [1.82, 2.24) is 4.31 Å². The van der Waals surface area contributed by atoms with Crippen molar-refractivity contribution in [3.63, 3.8) is 0 Å². The van der Waals surface area contributed by atoms with Gasteiger partial charge >= 0.3 is 0 Å². The van der Waals surface area contributed by atoms with Gasteiger partial charge in [0, 0.05) is 18.7 Å². The lowest BCUT2D eigenvalue weighted by Gasteiger charge is -2.23. The number of fused-ring (bicyclic) bond motifs is 1. The van der Waals surface area contributed by atoms with Crippen LogP contribution in [-0.4, -0.2) is 44.8 Å². The predicted octanol–water partition coefficient (Wildman–Crippen LogP) is 2.49. The Balaban J connectivity index is 1.58. The quantitative estimate of drug-likeness (QED) is 0.812. The van der Waals surface area contributed by atoms with Crippen molar-refractivity contribution in [2.24, 2.45) is 0 Å². The summed E-state index contributed by atoms with van der Waals surface area (Å²) in [7, 11) is -3.54. The van der Waals surface area contributed by atoms with Gasteiger partial charge in [0.05, 0.1) is 24.4 Å². The van der Waals surface area contributed by atoms with Crippen LogP contribution in [-0.2, 0) is 24.2 Å². The molecule has 7 heteroatoms. The molecule has 2 fully saturated rings. The fourth-order valence-corrected chi connectivity index (χ4v) is 4.60. The average molecular weight is 375 g/mol. The van der Waals surface area contributed by atoms with Crippen LogP contribution in [0.2, 0.25) is 0 Å². The molecule has 2 saturated heterocycles. The Bertz CT molecular complexity index is 906. The van der Waals surface area contributed by atoms with Crippen LogP contribution in [0.5, 0.6) is 0 Å². The number of aryl methyl sites for hydroxylation is 1. The molecule has 138 valence electrons. The van der Waals surface area contributed by atoms with Gasteiger partial charge in [-0.25, -0.2) is 8.42 Å². The van der Waals surface area contributed by atoms with Gasteiger partial charge in [0.1, 0.15) is 0 Å². The van der Waals surface area contributed by atoms with Gasteiger partial charge in [-0.1, -0.05) is 23.8 Å². The SMILES string of the molecule is Cc1ccc(S(=O)(=O)N2CC3=CC=C(C4(C)OCCO4)OC=C3C2)cc1. The number of rotatable bonds is 3. The van der Waals surface area contributed by atoms with Gasteiger partial charge in [-0.15, -0.1) is 0 Å². The molecule has 3 aliphatic heterocycles. The van der Waals surface area contributed by atoms with Crippen molar-refractivity contribution in [3.8, 4) is 0 Å². The zero-order valence-corrected chi connectivity index (χ0v) is 15.6. The van der Waals surface area contributed by atoms with Crippen LogP contribution in [0.3, 0.4) is 0 Å². The summed E-state index contributed by atoms with van der Waals surface area (Å²) in [5, 5.41) is 0. The van der Waals surface area contributed by atoms with E-state index in [2.05, 4.69) is 0 Å². The first kappa shape index (κ1) is 17.5. The van der Waals surface area contributed by atoms with Crippen molar-refractivity contribution in [2.75, 3.05) is 26.3 Å². The summed E-state index contributed by atoms with van der Waals surface area (Å²) >= 11 is 0. The molecule has 3 heterocycles. The number of hydrogen-bond acceptors (Lipinski definition) is 5. The van der Waals surface area contributed by atoms with Crippen LogP contribution in [0.15, 0.2) is 64.5 Å². The molecule has 0 bridgehead atoms.